The Labute approximate surface area is 143 Å². The van der Waals surface area contributed by atoms with Crippen molar-refractivity contribution in [1.29, 1.82) is 0 Å². The molecule has 24 heavy (non-hydrogen) atoms. The maximum atomic E-state index is 12.9. The Morgan fingerprint density at radius 3 is 3.25 bits per heavy atom. The van der Waals surface area contributed by atoms with E-state index in [4.69, 9.17) is 4.74 Å². The smallest absolute Gasteiger partial charge is 0.266 e. The summed E-state index contributed by atoms with van der Waals surface area (Å²) >= 11 is 1.42. The van der Waals surface area contributed by atoms with Gasteiger partial charge in [-0.05, 0) is 20.3 Å². The van der Waals surface area contributed by atoms with E-state index in [1.807, 2.05) is 23.4 Å². The van der Waals surface area contributed by atoms with Crippen LogP contribution in [0.3, 0.4) is 0 Å². The number of rotatable bonds is 3. The molecule has 9 heteroatoms. The summed E-state index contributed by atoms with van der Waals surface area (Å²) in [7, 11) is 0. The van der Waals surface area contributed by atoms with Crippen LogP contribution in [0, 0.1) is 6.92 Å². The monoisotopic (exact) mass is 348 g/mol. The molecule has 0 unspecified atom stereocenters. The Balaban J connectivity index is 1.50. The van der Waals surface area contributed by atoms with Gasteiger partial charge in [0.1, 0.15) is 4.88 Å². The number of nitrogens with one attached hydrogen (secondary N) is 1. The maximum absolute atomic E-state index is 12.9. The SMILES string of the molecule is CCNc1nc(C)c(C(=O)N2CC[C@H]3[C@H](C2)OCc2cnnn23)s1. The standard InChI is InChI=1S/C15H20N6O2S/c1-3-16-15-18-9(2)13(24-15)14(22)20-5-4-11-12(7-20)23-8-10-6-17-19-21(10)11/h6,11-12H,3-5,7-8H2,1-2H3,(H,16,18)/t11-,12-/m0/s1. The van der Waals surface area contributed by atoms with Gasteiger partial charge >= 0.3 is 0 Å². The number of aromatic nitrogens is 4. The van der Waals surface area contributed by atoms with Crippen LogP contribution >= 0.6 is 11.3 Å². The molecule has 0 spiro atoms. The van der Waals surface area contributed by atoms with Crippen LogP contribution < -0.4 is 5.32 Å². The zero-order chi connectivity index (χ0) is 16.7. The molecule has 1 saturated heterocycles. The predicted molar refractivity (Wildman–Crippen MR) is 89.2 cm³/mol. The van der Waals surface area contributed by atoms with Gasteiger partial charge in [-0.15, -0.1) is 5.10 Å². The molecule has 0 aliphatic carbocycles. The van der Waals surface area contributed by atoms with Crippen LogP contribution in [-0.4, -0.2) is 56.5 Å². The molecule has 0 radical (unpaired) electrons. The number of aryl methyl sites for hydroxylation is 1. The van der Waals surface area contributed by atoms with E-state index >= 15 is 0 Å². The van der Waals surface area contributed by atoms with E-state index < -0.39 is 0 Å². The highest BCUT2D eigenvalue weighted by Crippen LogP contribution is 2.32. The van der Waals surface area contributed by atoms with Crippen molar-refractivity contribution in [3.63, 3.8) is 0 Å². The van der Waals surface area contributed by atoms with Crippen molar-refractivity contribution < 1.29 is 9.53 Å². The molecule has 0 aromatic carbocycles. The number of ether oxygens (including phenoxy) is 1. The minimum Gasteiger partial charge on any atom is -0.368 e. The lowest BCUT2D eigenvalue weighted by Gasteiger charge is -2.40. The van der Waals surface area contributed by atoms with Gasteiger partial charge in [0.25, 0.3) is 5.91 Å². The van der Waals surface area contributed by atoms with Crippen molar-refractivity contribution in [2.24, 2.45) is 0 Å². The number of carbonyl (C=O) groups excluding carboxylic acids is 1. The molecular formula is C15H20N6O2S. The molecule has 2 aromatic heterocycles. The van der Waals surface area contributed by atoms with Crippen molar-refractivity contribution in [2.45, 2.75) is 39.0 Å². The molecule has 0 saturated carbocycles. The summed E-state index contributed by atoms with van der Waals surface area (Å²) < 4.78 is 7.89. The van der Waals surface area contributed by atoms with E-state index in [1.54, 1.807) is 6.20 Å². The first kappa shape index (κ1) is 15.5. The van der Waals surface area contributed by atoms with Gasteiger partial charge in [-0.2, -0.15) is 0 Å². The first-order valence-electron chi connectivity index (χ1n) is 8.18. The Kier molecular flexibility index (Phi) is 3.97. The Bertz CT molecular complexity index is 757. The van der Waals surface area contributed by atoms with Crippen molar-refractivity contribution in [3.8, 4) is 0 Å². The van der Waals surface area contributed by atoms with E-state index in [-0.39, 0.29) is 18.1 Å². The summed E-state index contributed by atoms with van der Waals surface area (Å²) in [6.07, 6.45) is 2.54. The summed E-state index contributed by atoms with van der Waals surface area (Å²) in [6.45, 7) is 6.47. The highest BCUT2D eigenvalue weighted by atomic mass is 32.1. The van der Waals surface area contributed by atoms with Crippen LogP contribution in [0.2, 0.25) is 0 Å². The molecule has 2 atom stereocenters. The van der Waals surface area contributed by atoms with Gasteiger partial charge < -0.3 is 15.0 Å². The van der Waals surface area contributed by atoms with E-state index in [9.17, 15) is 4.79 Å². The molecule has 1 N–H and O–H groups in total. The van der Waals surface area contributed by atoms with Crippen molar-refractivity contribution in [1.82, 2.24) is 24.9 Å². The van der Waals surface area contributed by atoms with E-state index in [0.29, 0.717) is 24.6 Å². The molecule has 4 rings (SSSR count). The minimum absolute atomic E-state index is 0.0293. The zero-order valence-corrected chi connectivity index (χ0v) is 14.5. The van der Waals surface area contributed by atoms with E-state index in [1.165, 1.54) is 11.3 Å². The van der Waals surface area contributed by atoms with Gasteiger partial charge in [-0.3, -0.25) is 4.79 Å². The molecule has 0 bridgehead atoms. The number of fused-ring (bicyclic) bond motifs is 3. The number of nitrogens with zero attached hydrogens (tertiary/aromatic N) is 5. The molecule has 1 amide bonds. The molecule has 2 aliphatic heterocycles. The summed E-state index contributed by atoms with van der Waals surface area (Å²) in [6, 6.07) is 0.167. The van der Waals surface area contributed by atoms with Crippen LogP contribution in [0.5, 0.6) is 0 Å². The number of amides is 1. The van der Waals surface area contributed by atoms with Crippen LogP contribution in [0.4, 0.5) is 5.13 Å². The van der Waals surface area contributed by atoms with Gasteiger partial charge in [0.2, 0.25) is 0 Å². The lowest BCUT2D eigenvalue weighted by atomic mass is 10.00. The average molecular weight is 348 g/mol. The summed E-state index contributed by atoms with van der Waals surface area (Å²) in [5, 5.41) is 12.1. The number of hydrogen-bond acceptors (Lipinski definition) is 7. The number of thiazole rings is 1. The lowest BCUT2D eigenvalue weighted by Crippen LogP contribution is -2.50. The molecule has 128 valence electrons. The third-order valence-electron chi connectivity index (χ3n) is 4.54. The summed E-state index contributed by atoms with van der Waals surface area (Å²) in [4.78, 5) is 19.9. The van der Waals surface area contributed by atoms with E-state index in [2.05, 4.69) is 20.6 Å². The van der Waals surface area contributed by atoms with E-state index in [0.717, 1.165) is 29.5 Å². The second-order valence-corrected chi connectivity index (χ2v) is 7.09. The largest absolute Gasteiger partial charge is 0.368 e. The van der Waals surface area contributed by atoms with Gasteiger partial charge in [-0.1, -0.05) is 16.6 Å². The van der Waals surface area contributed by atoms with Crippen molar-refractivity contribution in [3.05, 3.63) is 22.5 Å². The first-order chi connectivity index (χ1) is 11.7. The normalized spacial score (nSPS) is 22.8. The van der Waals surface area contributed by atoms with Gasteiger partial charge in [0.05, 0.1) is 36.3 Å². The maximum Gasteiger partial charge on any atom is 0.266 e. The van der Waals surface area contributed by atoms with Crippen molar-refractivity contribution in [2.75, 3.05) is 25.0 Å². The summed E-state index contributed by atoms with van der Waals surface area (Å²) in [5.74, 6) is 0.0422. The Hall–Kier alpha value is -2.00. The minimum atomic E-state index is -0.0293. The fourth-order valence-corrected chi connectivity index (χ4v) is 4.34. The highest BCUT2D eigenvalue weighted by molar-refractivity contribution is 7.17. The number of anilines is 1. The van der Waals surface area contributed by atoms with Gasteiger partial charge in [-0.25, -0.2) is 9.67 Å². The Morgan fingerprint density at radius 2 is 2.42 bits per heavy atom. The van der Waals surface area contributed by atoms with Crippen LogP contribution in [-0.2, 0) is 11.3 Å². The second kappa shape index (κ2) is 6.14. The van der Waals surface area contributed by atoms with Crippen LogP contribution in [0.1, 0.15) is 40.4 Å². The molecule has 8 nitrogen and oxygen atoms in total. The third kappa shape index (κ3) is 2.57. The second-order valence-electron chi connectivity index (χ2n) is 6.09. The number of hydrogen-bond donors (Lipinski definition) is 1. The molecule has 1 fully saturated rings. The van der Waals surface area contributed by atoms with Crippen molar-refractivity contribution >= 4 is 22.4 Å². The quantitative estimate of drug-likeness (QED) is 0.904. The molecule has 2 aliphatic rings. The number of likely N-dealkylation sites (tertiary alicyclic amines) is 1. The lowest BCUT2D eigenvalue weighted by molar-refractivity contribution is -0.0627. The molecule has 4 heterocycles. The van der Waals surface area contributed by atoms with Gasteiger partial charge in [0, 0.05) is 19.6 Å². The molecular weight excluding hydrogens is 328 g/mol. The Morgan fingerprint density at radius 1 is 1.54 bits per heavy atom. The summed E-state index contributed by atoms with van der Waals surface area (Å²) in [5.41, 5.74) is 1.79. The fourth-order valence-electron chi connectivity index (χ4n) is 3.34. The highest BCUT2D eigenvalue weighted by Gasteiger charge is 2.38. The zero-order valence-electron chi connectivity index (χ0n) is 13.7. The number of piperidine rings is 1. The fraction of sp³-hybridized carbons (Fsp3) is 0.600. The molecule has 2 aromatic rings. The first-order valence-corrected chi connectivity index (χ1v) is 9.00. The van der Waals surface area contributed by atoms with Gasteiger partial charge in [0.15, 0.2) is 5.13 Å². The predicted octanol–water partition coefficient (Wildman–Crippen LogP) is 1.46. The van der Waals surface area contributed by atoms with Crippen LogP contribution in [0.25, 0.3) is 0 Å². The average Bonchev–Trinajstić information content (AvgIpc) is 3.20. The number of carbonyl (C=O) groups is 1. The van der Waals surface area contributed by atoms with Crippen LogP contribution in [0.15, 0.2) is 6.20 Å². The third-order valence-corrected chi connectivity index (χ3v) is 5.64. The topological polar surface area (TPSA) is 85.2 Å².